The van der Waals surface area contributed by atoms with Crippen LogP contribution in [0.4, 0.5) is 4.79 Å². The van der Waals surface area contributed by atoms with Crippen LogP contribution in [0.15, 0.2) is 30.3 Å². The Morgan fingerprint density at radius 1 is 1.23 bits per heavy atom. The Morgan fingerprint density at radius 3 is 2.23 bits per heavy atom. The fourth-order valence-electron chi connectivity index (χ4n) is 0.649. The Labute approximate surface area is 74.1 Å². The molecule has 1 rings (SSSR count). The van der Waals surface area contributed by atoms with Gasteiger partial charge >= 0.3 is 13.3 Å². The lowest BCUT2D eigenvalue weighted by molar-refractivity contribution is 0.213. The molecule has 5 nitrogen and oxygen atoms in total. The minimum Gasteiger partial charge on any atom is -0.417 e. The average molecular weight is 202 g/mol. The van der Waals surface area contributed by atoms with Crippen molar-refractivity contribution in [2.24, 2.45) is 0 Å². The van der Waals surface area contributed by atoms with Crippen LogP contribution in [0.5, 0.6) is 5.75 Å². The Morgan fingerprint density at radius 2 is 1.77 bits per heavy atom. The van der Waals surface area contributed by atoms with Gasteiger partial charge in [0.15, 0.2) is 0 Å². The molecule has 0 bridgehead atoms. The predicted octanol–water partition coefficient (Wildman–Crippen LogP) is 1.36. The highest BCUT2D eigenvalue weighted by Crippen LogP contribution is 2.37. The van der Waals surface area contributed by atoms with E-state index < -0.39 is 13.3 Å². The zero-order valence-electron chi connectivity index (χ0n) is 6.45. The normalized spacial score (nSPS) is 10.9. The van der Waals surface area contributed by atoms with Crippen molar-refractivity contribution in [1.29, 1.82) is 0 Å². The van der Waals surface area contributed by atoms with Gasteiger partial charge in [-0.15, -0.1) is 0 Å². The van der Waals surface area contributed by atoms with Gasteiger partial charge in [0.1, 0.15) is 5.75 Å². The van der Waals surface area contributed by atoms with Crippen molar-refractivity contribution in [3.8, 4) is 5.75 Å². The summed E-state index contributed by atoms with van der Waals surface area (Å²) in [6.07, 6.45) is 0. The van der Waals surface area contributed by atoms with E-state index in [0.29, 0.717) is 0 Å². The van der Waals surface area contributed by atoms with E-state index in [1.54, 1.807) is 18.2 Å². The first-order valence-electron chi connectivity index (χ1n) is 3.33. The summed E-state index contributed by atoms with van der Waals surface area (Å²) in [6.45, 7) is 0. The molecular formula is C7H7O5P. The molecule has 0 aliphatic heterocycles. The summed E-state index contributed by atoms with van der Waals surface area (Å²) in [5.74, 6) is 0.107. The molecular weight excluding hydrogens is 195 g/mol. The minimum atomic E-state index is -4.78. The smallest absolute Gasteiger partial charge is 0.417 e. The van der Waals surface area contributed by atoms with E-state index in [-0.39, 0.29) is 5.75 Å². The molecule has 0 amide bonds. The van der Waals surface area contributed by atoms with Gasteiger partial charge in [-0.05, 0) is 12.1 Å². The van der Waals surface area contributed by atoms with Gasteiger partial charge < -0.3 is 14.5 Å². The number of carbonyl (C=O) groups is 1. The van der Waals surface area contributed by atoms with Gasteiger partial charge in [-0.2, -0.15) is 0 Å². The molecule has 1 aromatic carbocycles. The molecule has 1 aromatic rings. The highest BCUT2D eigenvalue weighted by molar-refractivity contribution is 7.69. The largest absolute Gasteiger partial charge is 0.433 e. The van der Waals surface area contributed by atoms with Crippen LogP contribution in [0.1, 0.15) is 0 Å². The average Bonchev–Trinajstić information content (AvgIpc) is 2.04. The van der Waals surface area contributed by atoms with Crippen molar-refractivity contribution in [2.45, 2.75) is 0 Å². The maximum absolute atomic E-state index is 10.6. The standard InChI is InChI=1S/C7H7O5P/c8-7(13(9,10)11)12-6-4-2-1-3-5-6/h1-5H,(H2,9,10,11). The molecule has 70 valence electrons. The Kier molecular flexibility index (Phi) is 2.83. The van der Waals surface area contributed by atoms with Crippen LogP contribution in [0.3, 0.4) is 0 Å². The molecule has 0 aliphatic carbocycles. The highest BCUT2D eigenvalue weighted by Gasteiger charge is 2.28. The first kappa shape index (κ1) is 9.92. The van der Waals surface area contributed by atoms with Gasteiger partial charge in [-0.25, -0.2) is 9.36 Å². The molecule has 0 saturated heterocycles. The lowest BCUT2D eigenvalue weighted by atomic mass is 10.3. The lowest BCUT2D eigenvalue weighted by Crippen LogP contribution is -2.05. The van der Waals surface area contributed by atoms with Gasteiger partial charge in [-0.3, -0.25) is 0 Å². The molecule has 0 heterocycles. The number of carbonyl (C=O) groups excluding carboxylic acids is 1. The summed E-state index contributed by atoms with van der Waals surface area (Å²) in [5, 5.41) is 0. The maximum atomic E-state index is 10.6. The quantitative estimate of drug-likeness (QED) is 0.707. The summed E-state index contributed by atoms with van der Waals surface area (Å²) < 4.78 is 14.7. The van der Waals surface area contributed by atoms with Crippen molar-refractivity contribution in [3.63, 3.8) is 0 Å². The van der Waals surface area contributed by atoms with E-state index >= 15 is 0 Å². The number of ether oxygens (including phenoxy) is 1. The van der Waals surface area contributed by atoms with Crippen LogP contribution in [-0.2, 0) is 4.57 Å². The first-order valence-corrected chi connectivity index (χ1v) is 4.94. The molecule has 13 heavy (non-hydrogen) atoms. The van der Waals surface area contributed by atoms with Crippen LogP contribution >= 0.6 is 7.60 Å². The van der Waals surface area contributed by atoms with Gasteiger partial charge in [0, 0.05) is 0 Å². The number of benzene rings is 1. The zero-order valence-corrected chi connectivity index (χ0v) is 7.35. The van der Waals surface area contributed by atoms with Crippen molar-refractivity contribution in [2.75, 3.05) is 0 Å². The second kappa shape index (κ2) is 3.70. The van der Waals surface area contributed by atoms with E-state index in [2.05, 4.69) is 4.74 Å². The third-order valence-electron chi connectivity index (χ3n) is 1.19. The summed E-state index contributed by atoms with van der Waals surface area (Å²) in [5.41, 5.74) is -1.54. The van der Waals surface area contributed by atoms with Crippen LogP contribution < -0.4 is 4.74 Å². The second-order valence-corrected chi connectivity index (χ2v) is 3.68. The molecule has 0 atom stereocenters. The monoisotopic (exact) mass is 202 g/mol. The summed E-state index contributed by atoms with van der Waals surface area (Å²) in [6, 6.07) is 7.71. The van der Waals surface area contributed by atoms with E-state index in [1.807, 2.05) is 0 Å². The van der Waals surface area contributed by atoms with E-state index in [1.165, 1.54) is 12.1 Å². The number of hydrogen-bond donors (Lipinski definition) is 2. The van der Waals surface area contributed by atoms with Gasteiger partial charge in [0.05, 0.1) is 0 Å². The topological polar surface area (TPSA) is 83.8 Å². The zero-order chi connectivity index (χ0) is 9.90. The number of rotatable bonds is 2. The van der Waals surface area contributed by atoms with Crippen LogP contribution in [-0.4, -0.2) is 15.5 Å². The molecule has 0 aromatic heterocycles. The van der Waals surface area contributed by atoms with Gasteiger partial charge in [0.25, 0.3) is 0 Å². The third-order valence-corrected chi connectivity index (χ3v) is 1.75. The third kappa shape index (κ3) is 2.99. The molecule has 6 heteroatoms. The number of para-hydroxylation sites is 1. The second-order valence-electron chi connectivity index (χ2n) is 2.23. The Balaban J connectivity index is 2.72. The molecule has 0 unspecified atom stereocenters. The van der Waals surface area contributed by atoms with Crippen molar-refractivity contribution in [1.82, 2.24) is 0 Å². The Hall–Kier alpha value is -1.16. The van der Waals surface area contributed by atoms with E-state index in [9.17, 15) is 9.36 Å². The molecule has 0 aliphatic rings. The van der Waals surface area contributed by atoms with Gasteiger partial charge in [-0.1, -0.05) is 18.2 Å². The molecule has 2 N–H and O–H groups in total. The lowest BCUT2D eigenvalue weighted by Gasteiger charge is -2.03. The van der Waals surface area contributed by atoms with Crippen molar-refractivity contribution >= 4 is 13.3 Å². The van der Waals surface area contributed by atoms with Crippen LogP contribution in [0, 0.1) is 0 Å². The van der Waals surface area contributed by atoms with Crippen LogP contribution in [0.2, 0.25) is 0 Å². The van der Waals surface area contributed by atoms with Crippen molar-refractivity contribution < 1.29 is 23.9 Å². The molecule has 0 fully saturated rings. The van der Waals surface area contributed by atoms with E-state index in [4.69, 9.17) is 9.79 Å². The Bertz CT molecular complexity index is 341. The van der Waals surface area contributed by atoms with Gasteiger partial charge in [0.2, 0.25) is 0 Å². The minimum absolute atomic E-state index is 0.107. The van der Waals surface area contributed by atoms with Crippen LogP contribution in [0.25, 0.3) is 0 Å². The summed E-state index contributed by atoms with van der Waals surface area (Å²) >= 11 is 0. The molecule has 0 radical (unpaired) electrons. The van der Waals surface area contributed by atoms with E-state index in [0.717, 1.165) is 0 Å². The number of hydrogen-bond acceptors (Lipinski definition) is 3. The fraction of sp³-hybridized carbons (Fsp3) is 0. The fourth-order valence-corrected chi connectivity index (χ4v) is 0.873. The summed E-state index contributed by atoms with van der Waals surface area (Å²) in [4.78, 5) is 27.4. The maximum Gasteiger partial charge on any atom is 0.433 e. The first-order chi connectivity index (χ1) is 6.00. The highest BCUT2D eigenvalue weighted by atomic mass is 31.2. The molecule has 0 spiro atoms. The molecule has 0 saturated carbocycles. The summed E-state index contributed by atoms with van der Waals surface area (Å²) in [7, 11) is -4.78. The predicted molar refractivity (Wildman–Crippen MR) is 44.5 cm³/mol. The van der Waals surface area contributed by atoms with Crippen molar-refractivity contribution in [3.05, 3.63) is 30.3 Å². The SMILES string of the molecule is O=C(Oc1ccccc1)P(=O)(O)O.